The van der Waals surface area contributed by atoms with E-state index >= 15 is 0 Å². The first-order valence-electron chi connectivity index (χ1n) is 8.12. The second kappa shape index (κ2) is 6.82. The highest BCUT2D eigenvalue weighted by Gasteiger charge is 2.46. The summed E-state index contributed by atoms with van der Waals surface area (Å²) >= 11 is 0. The molecule has 7 heteroatoms. The molecule has 1 unspecified atom stereocenters. The van der Waals surface area contributed by atoms with Crippen LogP contribution in [0, 0.1) is 0 Å². The number of carbonyl (C=O) groups is 3. The summed E-state index contributed by atoms with van der Waals surface area (Å²) in [6.07, 6.45) is -0.240. The molecule has 2 rings (SSSR count). The number of rotatable bonds is 4. The fourth-order valence-corrected chi connectivity index (χ4v) is 2.65. The highest BCUT2D eigenvalue weighted by Crippen LogP contribution is 2.26. The summed E-state index contributed by atoms with van der Waals surface area (Å²) in [6, 6.07) is 7.10. The minimum Gasteiger partial charge on any atom is -0.479 e. The molecule has 1 saturated heterocycles. The molecule has 1 aliphatic rings. The summed E-state index contributed by atoms with van der Waals surface area (Å²) in [5, 5.41) is 11.3. The molecule has 2 amide bonds. The number of benzene rings is 1. The first kappa shape index (κ1) is 18.9. The van der Waals surface area contributed by atoms with Gasteiger partial charge in [-0.15, -0.1) is 0 Å². The van der Waals surface area contributed by atoms with Gasteiger partial charge in [-0.05, 0) is 23.1 Å². The molecule has 1 aliphatic heterocycles. The van der Waals surface area contributed by atoms with Gasteiger partial charge < -0.3 is 15.3 Å². The van der Waals surface area contributed by atoms with Crippen molar-refractivity contribution in [3.63, 3.8) is 0 Å². The van der Waals surface area contributed by atoms with Crippen LogP contribution in [0.1, 0.15) is 43.1 Å². The molecule has 1 atom stereocenters. The summed E-state index contributed by atoms with van der Waals surface area (Å²) in [5.41, 5.74) is -0.913. The van der Waals surface area contributed by atoms with Gasteiger partial charge in [0.05, 0.1) is 13.1 Å². The van der Waals surface area contributed by atoms with Crippen LogP contribution in [-0.4, -0.2) is 53.1 Å². The number of nitrogens with one attached hydrogen (secondary N) is 1. The Morgan fingerprint density at radius 2 is 1.84 bits per heavy atom. The number of halogens is 1. The van der Waals surface area contributed by atoms with E-state index in [1.165, 1.54) is 0 Å². The van der Waals surface area contributed by atoms with Gasteiger partial charge in [0.25, 0.3) is 5.91 Å². The monoisotopic (exact) mass is 350 g/mol. The normalized spacial score (nSPS) is 20.4. The van der Waals surface area contributed by atoms with Crippen molar-refractivity contribution in [1.29, 1.82) is 0 Å². The zero-order valence-corrected chi connectivity index (χ0v) is 14.6. The quantitative estimate of drug-likeness (QED) is 0.866. The van der Waals surface area contributed by atoms with E-state index in [2.05, 4.69) is 26.1 Å². The van der Waals surface area contributed by atoms with E-state index in [-0.39, 0.29) is 24.9 Å². The molecule has 0 saturated carbocycles. The third-order valence-corrected chi connectivity index (χ3v) is 4.37. The predicted molar refractivity (Wildman–Crippen MR) is 90.1 cm³/mol. The van der Waals surface area contributed by atoms with Gasteiger partial charge in [-0.25, -0.2) is 9.18 Å². The molecule has 136 valence electrons. The lowest BCUT2D eigenvalue weighted by atomic mass is 9.87. The van der Waals surface area contributed by atoms with E-state index in [1.807, 2.05) is 12.1 Å². The maximum absolute atomic E-state index is 14.0. The standard InChI is InChI=1S/C18H23FN2O4/c1-17(2,3)13-6-4-12(5-7-13)15(23)20-10-14(22)21-9-8-18(19,11-21)16(24)25/h4-7H,8-11H2,1-3H3,(H,20,23)(H,24,25). The van der Waals surface area contributed by atoms with Crippen molar-refractivity contribution in [3.05, 3.63) is 35.4 Å². The SMILES string of the molecule is CC(C)(C)c1ccc(C(=O)NCC(=O)N2CCC(F)(C(=O)O)C2)cc1. The Hall–Kier alpha value is -2.44. The Kier molecular flexibility index (Phi) is 5.15. The van der Waals surface area contributed by atoms with Crippen LogP contribution in [0.15, 0.2) is 24.3 Å². The van der Waals surface area contributed by atoms with Gasteiger partial charge in [-0.2, -0.15) is 0 Å². The minimum atomic E-state index is -2.40. The van der Waals surface area contributed by atoms with Crippen LogP contribution in [0.2, 0.25) is 0 Å². The van der Waals surface area contributed by atoms with E-state index in [0.717, 1.165) is 10.5 Å². The fourth-order valence-electron chi connectivity index (χ4n) is 2.65. The van der Waals surface area contributed by atoms with Crippen LogP contribution >= 0.6 is 0 Å². The largest absolute Gasteiger partial charge is 0.479 e. The number of amides is 2. The summed E-state index contributed by atoms with van der Waals surface area (Å²) in [5.74, 6) is -2.47. The predicted octanol–water partition coefficient (Wildman–Crippen LogP) is 1.74. The van der Waals surface area contributed by atoms with Gasteiger partial charge in [0.1, 0.15) is 0 Å². The van der Waals surface area contributed by atoms with E-state index in [1.54, 1.807) is 12.1 Å². The lowest BCUT2D eigenvalue weighted by Gasteiger charge is -2.19. The lowest BCUT2D eigenvalue weighted by molar-refractivity contribution is -0.150. The van der Waals surface area contributed by atoms with Gasteiger partial charge in [0.15, 0.2) is 0 Å². The molecule has 0 aliphatic carbocycles. The first-order chi connectivity index (χ1) is 11.5. The van der Waals surface area contributed by atoms with Gasteiger partial charge in [-0.3, -0.25) is 9.59 Å². The van der Waals surface area contributed by atoms with Crippen LogP contribution < -0.4 is 5.32 Å². The van der Waals surface area contributed by atoms with Crippen molar-refractivity contribution >= 4 is 17.8 Å². The Morgan fingerprint density at radius 1 is 1.24 bits per heavy atom. The van der Waals surface area contributed by atoms with E-state index in [4.69, 9.17) is 5.11 Å². The average molecular weight is 350 g/mol. The lowest BCUT2D eigenvalue weighted by Crippen LogP contribution is -2.42. The fraction of sp³-hybridized carbons (Fsp3) is 0.500. The van der Waals surface area contributed by atoms with E-state index in [9.17, 15) is 18.8 Å². The molecule has 0 radical (unpaired) electrons. The Labute approximate surface area is 146 Å². The molecule has 1 aromatic rings. The number of likely N-dealkylation sites (tertiary alicyclic amines) is 1. The molecular formula is C18H23FN2O4. The average Bonchev–Trinajstić information content (AvgIpc) is 2.95. The molecule has 6 nitrogen and oxygen atoms in total. The smallest absolute Gasteiger partial charge is 0.343 e. The van der Waals surface area contributed by atoms with Crippen molar-refractivity contribution in [3.8, 4) is 0 Å². The Morgan fingerprint density at radius 3 is 2.32 bits per heavy atom. The number of carbonyl (C=O) groups excluding carboxylic acids is 2. The number of hydrogen-bond acceptors (Lipinski definition) is 3. The van der Waals surface area contributed by atoms with Crippen LogP contribution in [0.4, 0.5) is 4.39 Å². The molecule has 0 bridgehead atoms. The highest BCUT2D eigenvalue weighted by atomic mass is 19.1. The molecule has 0 spiro atoms. The highest BCUT2D eigenvalue weighted by molar-refractivity contribution is 5.96. The number of hydrogen-bond donors (Lipinski definition) is 2. The molecule has 25 heavy (non-hydrogen) atoms. The van der Waals surface area contributed by atoms with Crippen LogP contribution in [0.3, 0.4) is 0 Å². The summed E-state index contributed by atoms with van der Waals surface area (Å²) in [7, 11) is 0. The molecule has 0 aromatic heterocycles. The zero-order valence-electron chi connectivity index (χ0n) is 14.6. The van der Waals surface area contributed by atoms with Crippen molar-refractivity contribution in [2.45, 2.75) is 38.3 Å². The van der Waals surface area contributed by atoms with E-state index in [0.29, 0.717) is 5.56 Å². The van der Waals surface area contributed by atoms with Crippen LogP contribution in [0.25, 0.3) is 0 Å². The number of carboxylic acids is 1. The van der Waals surface area contributed by atoms with Crippen molar-refractivity contribution in [2.24, 2.45) is 0 Å². The Bertz CT molecular complexity index is 681. The molecule has 1 heterocycles. The van der Waals surface area contributed by atoms with Gasteiger partial charge in [0, 0.05) is 18.5 Å². The molecular weight excluding hydrogens is 327 g/mol. The second-order valence-corrected chi connectivity index (χ2v) is 7.35. The molecule has 2 N–H and O–H groups in total. The number of aliphatic carboxylic acids is 1. The molecule has 1 aromatic carbocycles. The number of alkyl halides is 1. The van der Waals surface area contributed by atoms with Gasteiger partial charge in [0.2, 0.25) is 11.6 Å². The zero-order chi connectivity index (χ0) is 18.8. The van der Waals surface area contributed by atoms with Gasteiger partial charge >= 0.3 is 5.97 Å². The summed E-state index contributed by atoms with van der Waals surface area (Å²) in [4.78, 5) is 36.1. The minimum absolute atomic E-state index is 0.0241. The summed E-state index contributed by atoms with van der Waals surface area (Å²) < 4.78 is 14.0. The summed E-state index contributed by atoms with van der Waals surface area (Å²) in [6.45, 7) is 5.45. The number of carboxylic acid groups (broad SMARTS) is 1. The van der Waals surface area contributed by atoms with E-state index < -0.39 is 30.0 Å². The van der Waals surface area contributed by atoms with Crippen LogP contribution in [0.5, 0.6) is 0 Å². The number of nitrogens with zero attached hydrogens (tertiary/aromatic N) is 1. The van der Waals surface area contributed by atoms with Crippen molar-refractivity contribution in [2.75, 3.05) is 19.6 Å². The maximum atomic E-state index is 14.0. The van der Waals surface area contributed by atoms with Gasteiger partial charge in [-0.1, -0.05) is 32.9 Å². The topological polar surface area (TPSA) is 86.7 Å². The Balaban J connectivity index is 1.90. The third kappa shape index (κ3) is 4.35. The maximum Gasteiger partial charge on any atom is 0.343 e. The third-order valence-electron chi connectivity index (χ3n) is 4.37. The second-order valence-electron chi connectivity index (χ2n) is 7.35. The molecule has 1 fully saturated rings. The van der Waals surface area contributed by atoms with Crippen LogP contribution in [-0.2, 0) is 15.0 Å². The first-order valence-corrected chi connectivity index (χ1v) is 8.12. The van der Waals surface area contributed by atoms with Crippen molar-refractivity contribution < 1.29 is 23.9 Å². The van der Waals surface area contributed by atoms with Crippen molar-refractivity contribution in [1.82, 2.24) is 10.2 Å².